The Morgan fingerprint density at radius 3 is 2.95 bits per heavy atom. The second kappa shape index (κ2) is 5.03. The molecule has 2 atom stereocenters. The lowest BCUT2D eigenvalue weighted by Gasteiger charge is -2.46. The standard InChI is InChI=1S/C19H24O2/c1-4-5-10-18-11-6-7-14(2)19(18,20)17-9-8-16(21-3)12-15(17)13-18/h4,7-9,12,20H,1,5-6,10-11,13H2,2-3H3. The van der Waals surface area contributed by atoms with E-state index >= 15 is 0 Å². The molecule has 0 fully saturated rings. The van der Waals surface area contributed by atoms with E-state index in [1.807, 2.05) is 18.2 Å². The Labute approximate surface area is 127 Å². The first kappa shape index (κ1) is 14.4. The highest BCUT2D eigenvalue weighted by Crippen LogP contribution is 2.61. The van der Waals surface area contributed by atoms with Crippen LogP contribution in [-0.4, -0.2) is 12.2 Å². The van der Waals surface area contributed by atoms with Gasteiger partial charge in [-0.3, -0.25) is 0 Å². The number of ether oxygens (including phenoxy) is 1. The predicted molar refractivity (Wildman–Crippen MR) is 85.4 cm³/mol. The number of benzene rings is 1. The van der Waals surface area contributed by atoms with Crippen LogP contribution in [0.5, 0.6) is 5.75 Å². The van der Waals surface area contributed by atoms with Crippen LogP contribution < -0.4 is 4.74 Å². The molecule has 0 bridgehead atoms. The van der Waals surface area contributed by atoms with Crippen molar-refractivity contribution in [2.75, 3.05) is 7.11 Å². The molecule has 3 rings (SSSR count). The number of allylic oxidation sites excluding steroid dienone is 2. The zero-order chi connectivity index (χ0) is 15.1. The zero-order valence-corrected chi connectivity index (χ0v) is 13.0. The largest absolute Gasteiger partial charge is 0.497 e. The van der Waals surface area contributed by atoms with E-state index in [2.05, 4.69) is 25.6 Å². The zero-order valence-electron chi connectivity index (χ0n) is 13.0. The molecule has 0 saturated carbocycles. The van der Waals surface area contributed by atoms with Gasteiger partial charge in [0.1, 0.15) is 11.4 Å². The van der Waals surface area contributed by atoms with Gasteiger partial charge in [-0.2, -0.15) is 0 Å². The molecule has 2 unspecified atom stereocenters. The molecule has 0 saturated heterocycles. The normalized spacial score (nSPS) is 30.3. The topological polar surface area (TPSA) is 29.5 Å². The second-order valence-electron chi connectivity index (χ2n) is 6.44. The van der Waals surface area contributed by atoms with Gasteiger partial charge in [0.2, 0.25) is 0 Å². The van der Waals surface area contributed by atoms with Crippen molar-refractivity contribution in [1.29, 1.82) is 0 Å². The van der Waals surface area contributed by atoms with Crippen molar-refractivity contribution >= 4 is 0 Å². The van der Waals surface area contributed by atoms with Crippen LogP contribution in [0.3, 0.4) is 0 Å². The fourth-order valence-electron chi connectivity index (χ4n) is 4.36. The molecule has 0 spiro atoms. The monoisotopic (exact) mass is 284 g/mol. The van der Waals surface area contributed by atoms with E-state index in [1.54, 1.807) is 7.11 Å². The van der Waals surface area contributed by atoms with Gasteiger partial charge in [-0.05, 0) is 67.9 Å². The van der Waals surface area contributed by atoms with E-state index in [1.165, 1.54) is 5.56 Å². The summed E-state index contributed by atoms with van der Waals surface area (Å²) in [6.45, 7) is 5.93. The maximum Gasteiger partial charge on any atom is 0.119 e. The summed E-state index contributed by atoms with van der Waals surface area (Å²) in [6, 6.07) is 6.10. The summed E-state index contributed by atoms with van der Waals surface area (Å²) in [5.41, 5.74) is 2.49. The van der Waals surface area contributed by atoms with Crippen LogP contribution in [0.2, 0.25) is 0 Å². The Balaban J connectivity index is 2.14. The Morgan fingerprint density at radius 2 is 2.24 bits per heavy atom. The third kappa shape index (κ3) is 1.89. The Bertz CT molecular complexity index is 602. The smallest absolute Gasteiger partial charge is 0.119 e. The van der Waals surface area contributed by atoms with Crippen LogP contribution in [0.15, 0.2) is 42.5 Å². The van der Waals surface area contributed by atoms with Crippen molar-refractivity contribution in [1.82, 2.24) is 0 Å². The van der Waals surface area contributed by atoms with Gasteiger partial charge in [0.05, 0.1) is 7.11 Å². The lowest BCUT2D eigenvalue weighted by atomic mass is 9.61. The third-order valence-electron chi connectivity index (χ3n) is 5.47. The van der Waals surface area contributed by atoms with Crippen molar-refractivity contribution in [3.05, 3.63) is 53.6 Å². The highest BCUT2D eigenvalue weighted by Gasteiger charge is 2.57. The van der Waals surface area contributed by atoms with Crippen molar-refractivity contribution in [2.45, 2.75) is 44.6 Å². The van der Waals surface area contributed by atoms with Crippen LogP contribution in [0.1, 0.15) is 43.7 Å². The number of hydrogen-bond acceptors (Lipinski definition) is 2. The summed E-state index contributed by atoms with van der Waals surface area (Å²) in [4.78, 5) is 0. The molecule has 2 aliphatic carbocycles. The van der Waals surface area contributed by atoms with E-state index in [0.29, 0.717) is 0 Å². The second-order valence-corrected chi connectivity index (χ2v) is 6.44. The highest BCUT2D eigenvalue weighted by atomic mass is 16.5. The summed E-state index contributed by atoms with van der Waals surface area (Å²) in [6.07, 6.45) is 9.10. The first-order valence-corrected chi connectivity index (χ1v) is 7.75. The van der Waals surface area contributed by atoms with Gasteiger partial charge in [0, 0.05) is 5.41 Å². The van der Waals surface area contributed by atoms with Gasteiger partial charge in [0.25, 0.3) is 0 Å². The SMILES string of the molecule is C=CCCC12CCC=C(C)C1(O)c1ccc(OC)cc1C2. The number of fused-ring (bicyclic) bond motifs is 3. The molecule has 0 aliphatic heterocycles. The van der Waals surface area contributed by atoms with Crippen LogP contribution >= 0.6 is 0 Å². The number of rotatable bonds is 4. The molecule has 0 radical (unpaired) electrons. The van der Waals surface area contributed by atoms with Gasteiger partial charge in [-0.15, -0.1) is 6.58 Å². The first-order valence-electron chi connectivity index (χ1n) is 7.75. The molecule has 2 heteroatoms. The summed E-state index contributed by atoms with van der Waals surface area (Å²) < 4.78 is 5.35. The Hall–Kier alpha value is -1.54. The van der Waals surface area contributed by atoms with E-state index in [4.69, 9.17) is 4.74 Å². The maximum atomic E-state index is 11.6. The van der Waals surface area contributed by atoms with E-state index < -0.39 is 5.60 Å². The molecule has 0 heterocycles. The maximum absolute atomic E-state index is 11.6. The van der Waals surface area contributed by atoms with E-state index in [-0.39, 0.29) is 5.41 Å². The minimum Gasteiger partial charge on any atom is -0.497 e. The summed E-state index contributed by atoms with van der Waals surface area (Å²) in [5, 5.41) is 11.6. The molecule has 0 amide bonds. The van der Waals surface area contributed by atoms with Crippen LogP contribution in [0.25, 0.3) is 0 Å². The highest BCUT2D eigenvalue weighted by molar-refractivity contribution is 5.51. The van der Waals surface area contributed by atoms with E-state index in [9.17, 15) is 5.11 Å². The fraction of sp³-hybridized carbons (Fsp3) is 0.474. The molecular formula is C19H24O2. The van der Waals surface area contributed by atoms with E-state index in [0.717, 1.165) is 49.0 Å². The molecule has 1 N–H and O–H groups in total. The van der Waals surface area contributed by atoms with Crippen LogP contribution in [0, 0.1) is 5.41 Å². The average Bonchev–Trinajstić information content (AvgIpc) is 2.75. The molecule has 1 aromatic rings. The summed E-state index contributed by atoms with van der Waals surface area (Å²) in [7, 11) is 1.69. The predicted octanol–water partition coefficient (Wildman–Crippen LogP) is 4.13. The van der Waals surface area contributed by atoms with Crippen molar-refractivity contribution in [3.8, 4) is 5.75 Å². The van der Waals surface area contributed by atoms with Gasteiger partial charge in [-0.1, -0.05) is 18.2 Å². The summed E-state index contributed by atoms with van der Waals surface area (Å²) >= 11 is 0. The molecule has 21 heavy (non-hydrogen) atoms. The molecule has 1 aromatic carbocycles. The molecule has 0 aromatic heterocycles. The average molecular weight is 284 g/mol. The van der Waals surface area contributed by atoms with Gasteiger partial charge < -0.3 is 9.84 Å². The fourth-order valence-corrected chi connectivity index (χ4v) is 4.36. The van der Waals surface area contributed by atoms with Crippen molar-refractivity contribution in [2.24, 2.45) is 5.41 Å². The number of hydrogen-bond donors (Lipinski definition) is 1. The molecule has 112 valence electrons. The third-order valence-corrected chi connectivity index (χ3v) is 5.47. The van der Waals surface area contributed by atoms with Gasteiger partial charge in [-0.25, -0.2) is 0 Å². The van der Waals surface area contributed by atoms with Gasteiger partial charge in [0.15, 0.2) is 0 Å². The molecular weight excluding hydrogens is 260 g/mol. The lowest BCUT2D eigenvalue weighted by molar-refractivity contribution is -0.0626. The van der Waals surface area contributed by atoms with Crippen molar-refractivity contribution in [3.63, 3.8) is 0 Å². The quantitative estimate of drug-likeness (QED) is 0.842. The number of aliphatic hydroxyl groups is 1. The van der Waals surface area contributed by atoms with Crippen LogP contribution in [-0.2, 0) is 12.0 Å². The first-order chi connectivity index (χ1) is 10.1. The van der Waals surface area contributed by atoms with Crippen LogP contribution in [0.4, 0.5) is 0 Å². The minimum atomic E-state index is -0.824. The molecule has 2 aliphatic rings. The van der Waals surface area contributed by atoms with Gasteiger partial charge >= 0.3 is 0 Å². The Morgan fingerprint density at radius 1 is 1.43 bits per heavy atom. The Kier molecular flexibility index (Phi) is 3.45. The summed E-state index contributed by atoms with van der Waals surface area (Å²) in [5.74, 6) is 0.872. The lowest BCUT2D eigenvalue weighted by Crippen LogP contribution is -2.45. The van der Waals surface area contributed by atoms with Crippen molar-refractivity contribution < 1.29 is 9.84 Å². The number of methoxy groups -OCH3 is 1. The molecule has 2 nitrogen and oxygen atoms in total. The minimum absolute atomic E-state index is 0.0886.